The van der Waals surface area contributed by atoms with Crippen LogP contribution in [0.2, 0.25) is 0 Å². The molecule has 0 amide bonds. The fourth-order valence-corrected chi connectivity index (χ4v) is 1.64. The van der Waals surface area contributed by atoms with Crippen molar-refractivity contribution in [2.24, 2.45) is 0 Å². The van der Waals surface area contributed by atoms with E-state index in [1.54, 1.807) is 0 Å². The van der Waals surface area contributed by atoms with Gasteiger partial charge in [-0.25, -0.2) is 4.79 Å². The van der Waals surface area contributed by atoms with Crippen LogP contribution in [0.3, 0.4) is 0 Å². The van der Waals surface area contributed by atoms with Crippen molar-refractivity contribution in [2.75, 3.05) is 12.4 Å². The van der Waals surface area contributed by atoms with E-state index in [0.29, 0.717) is 18.8 Å². The second-order valence-electron chi connectivity index (χ2n) is 3.02. The fraction of sp³-hybridized carbons (Fsp3) is 0.667. The first kappa shape index (κ1) is 12.0. The lowest BCUT2D eigenvalue weighted by atomic mass is 10.3. The van der Waals surface area contributed by atoms with Gasteiger partial charge >= 0.3 is 11.9 Å². The molecule has 0 aliphatic carbocycles. The summed E-state index contributed by atoms with van der Waals surface area (Å²) >= 11 is 1.06. The number of hydrogen-bond donors (Lipinski definition) is 0. The summed E-state index contributed by atoms with van der Waals surface area (Å²) in [4.78, 5) is 32.7. The number of carbonyl (C=O) groups excluding carboxylic acids is 3. The molecule has 0 radical (unpaired) electrons. The smallest absolute Gasteiger partial charge is 0.347 e. The second-order valence-corrected chi connectivity index (χ2v) is 4.30. The molecule has 1 aliphatic rings. The summed E-state index contributed by atoms with van der Waals surface area (Å²) in [5.41, 5.74) is 0. The van der Waals surface area contributed by atoms with Gasteiger partial charge in [-0.1, -0.05) is 11.8 Å². The van der Waals surface area contributed by atoms with Gasteiger partial charge in [0, 0.05) is 19.1 Å². The van der Waals surface area contributed by atoms with Gasteiger partial charge in [0.25, 0.3) is 0 Å². The third-order valence-corrected chi connectivity index (χ3v) is 2.59. The quantitative estimate of drug-likeness (QED) is 0.658. The maximum atomic E-state index is 11.2. The van der Waals surface area contributed by atoms with Crippen LogP contribution in [0.1, 0.15) is 19.8 Å². The Morgan fingerprint density at radius 2 is 2.33 bits per heavy atom. The van der Waals surface area contributed by atoms with Crippen LogP contribution in [0, 0.1) is 0 Å². The van der Waals surface area contributed by atoms with Crippen LogP contribution in [0.5, 0.6) is 0 Å². The topological polar surface area (TPSA) is 69.7 Å². The number of hydrogen-bond acceptors (Lipinski definition) is 6. The molecular weight excluding hydrogens is 220 g/mol. The molecule has 15 heavy (non-hydrogen) atoms. The van der Waals surface area contributed by atoms with Crippen LogP contribution in [0.4, 0.5) is 0 Å². The van der Waals surface area contributed by atoms with Crippen molar-refractivity contribution in [3.8, 4) is 0 Å². The largest absolute Gasteiger partial charge is 0.463 e. The Hall–Kier alpha value is -1.04. The van der Waals surface area contributed by atoms with E-state index in [2.05, 4.69) is 4.74 Å². The Bertz CT molecular complexity index is 276. The lowest BCUT2D eigenvalue weighted by Gasteiger charge is -2.07. The van der Waals surface area contributed by atoms with Gasteiger partial charge < -0.3 is 9.47 Å². The Morgan fingerprint density at radius 3 is 2.87 bits per heavy atom. The molecule has 0 aromatic carbocycles. The maximum absolute atomic E-state index is 11.2. The number of esters is 2. The first-order valence-corrected chi connectivity index (χ1v) is 5.57. The van der Waals surface area contributed by atoms with Crippen molar-refractivity contribution >= 4 is 28.8 Å². The molecule has 0 aromatic rings. The van der Waals surface area contributed by atoms with E-state index in [4.69, 9.17) is 4.74 Å². The molecule has 1 unspecified atom stereocenters. The number of carbonyl (C=O) groups is 3. The lowest BCUT2D eigenvalue weighted by Crippen LogP contribution is -2.22. The highest BCUT2D eigenvalue weighted by molar-refractivity contribution is 8.13. The predicted molar refractivity (Wildman–Crippen MR) is 53.2 cm³/mol. The molecule has 1 fully saturated rings. The summed E-state index contributed by atoms with van der Waals surface area (Å²) in [7, 11) is 0. The third-order valence-electron chi connectivity index (χ3n) is 1.77. The summed E-state index contributed by atoms with van der Waals surface area (Å²) in [5, 5.41) is -0.0388. The lowest BCUT2D eigenvalue weighted by molar-refractivity contribution is -0.159. The molecule has 0 bridgehead atoms. The van der Waals surface area contributed by atoms with Crippen LogP contribution >= 0.6 is 11.8 Å². The standard InChI is InChI=1S/C9H12O5S/c1-6(10)15-5-3-8(11)14-7-2-4-13-9(7)12/h7H,2-5H2,1H3. The summed E-state index contributed by atoms with van der Waals surface area (Å²) in [5.74, 6) is -0.564. The van der Waals surface area contributed by atoms with Crippen LogP contribution < -0.4 is 0 Å². The van der Waals surface area contributed by atoms with Gasteiger partial charge in [0.05, 0.1) is 13.0 Å². The molecule has 84 valence electrons. The van der Waals surface area contributed by atoms with E-state index >= 15 is 0 Å². The molecule has 1 aliphatic heterocycles. The SMILES string of the molecule is CC(=O)SCCC(=O)OC1CCOC1=O. The molecule has 5 nitrogen and oxygen atoms in total. The van der Waals surface area contributed by atoms with Crippen LogP contribution in [0.25, 0.3) is 0 Å². The van der Waals surface area contributed by atoms with Crippen molar-refractivity contribution in [3.05, 3.63) is 0 Å². The predicted octanol–water partition coefficient (Wildman–Crippen LogP) is 0.515. The minimum Gasteiger partial charge on any atom is -0.463 e. The monoisotopic (exact) mass is 232 g/mol. The minimum absolute atomic E-state index is 0.0388. The van der Waals surface area contributed by atoms with Gasteiger partial charge in [0.15, 0.2) is 5.12 Å². The summed E-state index contributed by atoms with van der Waals surface area (Å²) in [6, 6.07) is 0. The number of thioether (sulfide) groups is 1. The van der Waals surface area contributed by atoms with Crippen molar-refractivity contribution in [1.82, 2.24) is 0 Å². The van der Waals surface area contributed by atoms with Crippen LogP contribution in [-0.4, -0.2) is 35.5 Å². The average molecular weight is 232 g/mol. The minimum atomic E-state index is -0.750. The molecule has 0 spiro atoms. The zero-order chi connectivity index (χ0) is 11.3. The normalized spacial score (nSPS) is 19.8. The maximum Gasteiger partial charge on any atom is 0.347 e. The molecule has 0 saturated carbocycles. The zero-order valence-electron chi connectivity index (χ0n) is 8.36. The molecule has 0 aromatic heterocycles. The highest BCUT2D eigenvalue weighted by atomic mass is 32.2. The van der Waals surface area contributed by atoms with Gasteiger partial charge in [-0.3, -0.25) is 9.59 Å². The average Bonchev–Trinajstić information content (AvgIpc) is 2.51. The van der Waals surface area contributed by atoms with E-state index in [0.717, 1.165) is 11.8 Å². The van der Waals surface area contributed by atoms with Crippen LogP contribution in [-0.2, 0) is 23.9 Å². The Labute approximate surface area is 91.5 Å². The molecule has 1 atom stereocenters. The van der Waals surface area contributed by atoms with E-state index in [1.807, 2.05) is 0 Å². The summed E-state index contributed by atoms with van der Waals surface area (Å²) in [6.07, 6.45) is -0.196. The van der Waals surface area contributed by atoms with Crippen molar-refractivity contribution in [2.45, 2.75) is 25.9 Å². The molecule has 6 heteroatoms. The third kappa shape index (κ3) is 4.33. The van der Waals surface area contributed by atoms with Crippen molar-refractivity contribution < 1.29 is 23.9 Å². The van der Waals surface area contributed by atoms with Crippen LogP contribution in [0.15, 0.2) is 0 Å². The van der Waals surface area contributed by atoms with Gasteiger partial charge in [-0.15, -0.1) is 0 Å². The van der Waals surface area contributed by atoms with Gasteiger partial charge in [-0.2, -0.15) is 0 Å². The molecule has 0 N–H and O–H groups in total. The van der Waals surface area contributed by atoms with E-state index in [-0.39, 0.29) is 11.5 Å². The van der Waals surface area contributed by atoms with E-state index in [9.17, 15) is 14.4 Å². The molecule has 1 heterocycles. The summed E-state index contributed by atoms with van der Waals surface area (Å²) in [6.45, 7) is 1.74. The number of ether oxygens (including phenoxy) is 2. The second kappa shape index (κ2) is 5.75. The molecular formula is C9H12O5S. The van der Waals surface area contributed by atoms with Gasteiger partial charge in [0.1, 0.15) is 0 Å². The highest BCUT2D eigenvalue weighted by Gasteiger charge is 2.29. The Balaban J connectivity index is 2.18. The summed E-state index contributed by atoms with van der Waals surface area (Å²) < 4.78 is 9.50. The van der Waals surface area contributed by atoms with Gasteiger partial charge in [0.2, 0.25) is 6.10 Å². The van der Waals surface area contributed by atoms with Crippen molar-refractivity contribution in [3.63, 3.8) is 0 Å². The molecule has 1 saturated heterocycles. The Morgan fingerprint density at radius 1 is 1.60 bits per heavy atom. The zero-order valence-corrected chi connectivity index (χ0v) is 9.17. The van der Waals surface area contributed by atoms with E-state index in [1.165, 1.54) is 6.92 Å². The number of rotatable bonds is 4. The number of cyclic esters (lactones) is 1. The highest BCUT2D eigenvalue weighted by Crippen LogP contribution is 2.12. The van der Waals surface area contributed by atoms with Crippen molar-refractivity contribution in [1.29, 1.82) is 0 Å². The fourth-order valence-electron chi connectivity index (χ4n) is 1.08. The molecule has 1 rings (SSSR count). The Kier molecular flexibility index (Phi) is 4.61. The van der Waals surface area contributed by atoms with Gasteiger partial charge in [-0.05, 0) is 0 Å². The first-order valence-electron chi connectivity index (χ1n) is 4.59. The first-order chi connectivity index (χ1) is 7.09. The van der Waals surface area contributed by atoms with E-state index < -0.39 is 18.0 Å².